The Morgan fingerprint density at radius 2 is 2.07 bits per heavy atom. The zero-order chi connectivity index (χ0) is 10.7. The van der Waals surface area contributed by atoms with Crippen molar-refractivity contribution < 1.29 is 0 Å². The van der Waals surface area contributed by atoms with E-state index in [-0.39, 0.29) is 0 Å². The summed E-state index contributed by atoms with van der Waals surface area (Å²) in [7, 11) is 4.04. The minimum absolute atomic E-state index is 0.720. The van der Waals surface area contributed by atoms with Gasteiger partial charge in [-0.3, -0.25) is 0 Å². The van der Waals surface area contributed by atoms with Crippen LogP contribution in [0.3, 0.4) is 0 Å². The van der Waals surface area contributed by atoms with Gasteiger partial charge in [0, 0.05) is 11.3 Å². The van der Waals surface area contributed by atoms with E-state index in [1.54, 1.807) is 0 Å². The molecule has 0 fully saturated rings. The van der Waals surface area contributed by atoms with Crippen LogP contribution in [0.15, 0.2) is 0 Å². The zero-order valence-electron chi connectivity index (χ0n) is 9.22. The van der Waals surface area contributed by atoms with Crippen LogP contribution in [-0.2, 0) is 13.0 Å². The molecule has 0 radical (unpaired) electrons. The Hall–Kier alpha value is -0.740. The summed E-state index contributed by atoms with van der Waals surface area (Å²) in [5, 5.41) is 0. The number of aryl methyl sites for hydroxylation is 1. The minimum atomic E-state index is 0.720. The number of rotatable bonds is 3. The molecule has 0 amide bonds. The molecule has 0 unspecified atom stereocenters. The van der Waals surface area contributed by atoms with Crippen LogP contribution < -0.4 is 0 Å². The largest absolute Gasteiger partial charge is 0.346 e. The number of H-pyrrole nitrogens is 1. The lowest BCUT2D eigenvalue weighted by atomic mass is 10.2. The number of nitrogens with one attached hydrogen (secondary N) is 1. The lowest BCUT2D eigenvalue weighted by molar-refractivity contribution is 0.389. The Kier molecular flexibility index (Phi) is 3.77. The number of aromatic nitrogens is 2. The van der Waals surface area contributed by atoms with Crippen molar-refractivity contribution in [1.29, 1.82) is 0 Å². The number of aromatic amines is 1. The molecule has 0 saturated heterocycles. The zero-order valence-corrected chi connectivity index (χ0v) is 10.0. The Balaban J connectivity index is 3.10. The molecule has 1 rings (SSSR count). The molecular weight excluding hydrogens is 194 g/mol. The second-order valence-electron chi connectivity index (χ2n) is 3.68. The van der Waals surface area contributed by atoms with Crippen molar-refractivity contribution in [3.63, 3.8) is 0 Å². The van der Waals surface area contributed by atoms with E-state index in [4.69, 9.17) is 12.2 Å². The Morgan fingerprint density at radius 1 is 1.43 bits per heavy atom. The SMILES string of the molecule is CCc1[nH]c(CN(C)C)nc(=S)c1C. The van der Waals surface area contributed by atoms with Crippen molar-refractivity contribution in [3.8, 4) is 0 Å². The van der Waals surface area contributed by atoms with Crippen molar-refractivity contribution in [2.75, 3.05) is 14.1 Å². The molecule has 14 heavy (non-hydrogen) atoms. The second kappa shape index (κ2) is 4.66. The van der Waals surface area contributed by atoms with Gasteiger partial charge in [-0.05, 0) is 27.4 Å². The predicted molar refractivity (Wildman–Crippen MR) is 60.9 cm³/mol. The summed E-state index contributed by atoms with van der Waals surface area (Å²) in [6.07, 6.45) is 0.971. The van der Waals surface area contributed by atoms with Gasteiger partial charge in [0.1, 0.15) is 10.5 Å². The van der Waals surface area contributed by atoms with Gasteiger partial charge in [0.05, 0.1) is 6.54 Å². The first-order chi connectivity index (χ1) is 6.54. The van der Waals surface area contributed by atoms with Gasteiger partial charge in [-0.2, -0.15) is 0 Å². The standard InChI is InChI=1S/C10H17N3S/c1-5-8-7(2)10(14)12-9(11-8)6-13(3)4/h5-6H2,1-4H3,(H,11,12,14). The molecule has 0 aromatic carbocycles. The molecule has 1 heterocycles. The van der Waals surface area contributed by atoms with E-state index < -0.39 is 0 Å². The van der Waals surface area contributed by atoms with Gasteiger partial charge in [-0.1, -0.05) is 19.1 Å². The summed E-state index contributed by atoms with van der Waals surface area (Å²) < 4.78 is 0.720. The van der Waals surface area contributed by atoms with Crippen LogP contribution in [0.5, 0.6) is 0 Å². The van der Waals surface area contributed by atoms with Gasteiger partial charge in [-0.15, -0.1) is 0 Å². The Bertz CT molecular complexity index is 368. The second-order valence-corrected chi connectivity index (χ2v) is 4.07. The normalized spacial score (nSPS) is 10.9. The first-order valence-corrected chi connectivity index (χ1v) is 5.18. The molecule has 0 bridgehead atoms. The van der Waals surface area contributed by atoms with Crippen molar-refractivity contribution in [3.05, 3.63) is 21.7 Å². The maximum absolute atomic E-state index is 5.20. The van der Waals surface area contributed by atoms with Crippen LogP contribution >= 0.6 is 12.2 Å². The Morgan fingerprint density at radius 3 is 2.57 bits per heavy atom. The Labute approximate surface area is 90.2 Å². The highest BCUT2D eigenvalue weighted by atomic mass is 32.1. The lowest BCUT2D eigenvalue weighted by Gasteiger charge is -2.11. The van der Waals surface area contributed by atoms with Gasteiger partial charge in [-0.25, -0.2) is 4.98 Å². The van der Waals surface area contributed by atoms with Gasteiger partial charge in [0.25, 0.3) is 0 Å². The highest BCUT2D eigenvalue weighted by Gasteiger charge is 2.03. The fraction of sp³-hybridized carbons (Fsp3) is 0.600. The van der Waals surface area contributed by atoms with E-state index >= 15 is 0 Å². The number of hydrogen-bond acceptors (Lipinski definition) is 3. The highest BCUT2D eigenvalue weighted by molar-refractivity contribution is 7.71. The average molecular weight is 211 g/mol. The van der Waals surface area contributed by atoms with Crippen LogP contribution in [0, 0.1) is 11.6 Å². The molecule has 0 aliphatic heterocycles. The third-order valence-electron chi connectivity index (χ3n) is 2.12. The van der Waals surface area contributed by atoms with Crippen LogP contribution in [0.25, 0.3) is 0 Å². The first-order valence-electron chi connectivity index (χ1n) is 4.78. The number of nitrogens with zero attached hydrogens (tertiary/aromatic N) is 2. The van der Waals surface area contributed by atoms with Crippen molar-refractivity contribution in [2.24, 2.45) is 0 Å². The maximum atomic E-state index is 5.20. The maximum Gasteiger partial charge on any atom is 0.132 e. The van der Waals surface area contributed by atoms with Crippen molar-refractivity contribution >= 4 is 12.2 Å². The van der Waals surface area contributed by atoms with Crippen LogP contribution in [-0.4, -0.2) is 29.0 Å². The third-order valence-corrected chi connectivity index (χ3v) is 2.52. The fourth-order valence-corrected chi connectivity index (χ4v) is 1.59. The molecule has 1 aromatic rings. The van der Waals surface area contributed by atoms with E-state index in [2.05, 4.69) is 21.8 Å². The molecule has 78 valence electrons. The van der Waals surface area contributed by atoms with E-state index in [0.29, 0.717) is 0 Å². The van der Waals surface area contributed by atoms with Crippen LogP contribution in [0.2, 0.25) is 0 Å². The van der Waals surface area contributed by atoms with E-state index in [0.717, 1.165) is 29.0 Å². The summed E-state index contributed by atoms with van der Waals surface area (Å²) >= 11 is 5.20. The quantitative estimate of drug-likeness (QED) is 0.777. The van der Waals surface area contributed by atoms with Gasteiger partial charge in [0.2, 0.25) is 0 Å². The molecule has 1 aromatic heterocycles. The van der Waals surface area contributed by atoms with Crippen LogP contribution in [0.1, 0.15) is 24.0 Å². The smallest absolute Gasteiger partial charge is 0.132 e. The van der Waals surface area contributed by atoms with Crippen molar-refractivity contribution in [1.82, 2.24) is 14.9 Å². The van der Waals surface area contributed by atoms with E-state index in [1.165, 1.54) is 5.69 Å². The third kappa shape index (κ3) is 2.62. The van der Waals surface area contributed by atoms with Crippen LogP contribution in [0.4, 0.5) is 0 Å². The van der Waals surface area contributed by atoms with Gasteiger partial charge in [0.15, 0.2) is 0 Å². The number of hydrogen-bond donors (Lipinski definition) is 1. The molecule has 0 atom stereocenters. The summed E-state index contributed by atoms with van der Waals surface area (Å²) in [5.74, 6) is 0.947. The predicted octanol–water partition coefficient (Wildman–Crippen LogP) is 2.07. The van der Waals surface area contributed by atoms with Gasteiger partial charge < -0.3 is 9.88 Å². The van der Waals surface area contributed by atoms with Gasteiger partial charge >= 0.3 is 0 Å². The van der Waals surface area contributed by atoms with E-state index in [1.807, 2.05) is 21.0 Å². The lowest BCUT2D eigenvalue weighted by Crippen LogP contribution is -2.14. The molecule has 1 N–H and O–H groups in total. The topological polar surface area (TPSA) is 31.9 Å². The molecule has 4 heteroatoms. The summed E-state index contributed by atoms with van der Waals surface area (Å²) in [4.78, 5) is 9.73. The molecule has 0 aliphatic rings. The molecule has 3 nitrogen and oxygen atoms in total. The van der Waals surface area contributed by atoms with Crippen molar-refractivity contribution in [2.45, 2.75) is 26.8 Å². The monoisotopic (exact) mass is 211 g/mol. The fourth-order valence-electron chi connectivity index (χ4n) is 1.36. The summed E-state index contributed by atoms with van der Waals surface area (Å²) in [6.45, 7) is 4.94. The summed E-state index contributed by atoms with van der Waals surface area (Å²) in [6, 6.07) is 0. The molecule has 0 aliphatic carbocycles. The molecule has 0 spiro atoms. The highest BCUT2D eigenvalue weighted by Crippen LogP contribution is 2.07. The molecule has 0 saturated carbocycles. The summed E-state index contributed by atoms with van der Waals surface area (Å²) in [5.41, 5.74) is 2.30. The van der Waals surface area contributed by atoms with E-state index in [9.17, 15) is 0 Å². The molecular formula is C10H17N3S. The minimum Gasteiger partial charge on any atom is -0.346 e. The average Bonchev–Trinajstić information content (AvgIpc) is 2.10. The first kappa shape index (κ1) is 11.3.